The van der Waals surface area contributed by atoms with Gasteiger partial charge in [-0.25, -0.2) is 0 Å². The second-order valence-electron chi connectivity index (χ2n) is 3.67. The summed E-state index contributed by atoms with van der Waals surface area (Å²) in [4.78, 5) is 2.22. The topological polar surface area (TPSA) is 23.5 Å². The van der Waals surface area contributed by atoms with Gasteiger partial charge in [-0.3, -0.25) is 0 Å². The Balaban J connectivity index is 0.00000128. The molecule has 16 heavy (non-hydrogen) atoms. The standard InChI is InChI=1S/C13H15NO.ClH/c15-11-13-6-8-14(9-7-13)10-12-4-2-1-3-5-12;/h1-8,15H,9-11H2;1H. The van der Waals surface area contributed by atoms with E-state index in [1.54, 1.807) is 0 Å². The van der Waals surface area contributed by atoms with Crippen LogP contribution in [0.25, 0.3) is 0 Å². The van der Waals surface area contributed by atoms with E-state index < -0.39 is 0 Å². The summed E-state index contributed by atoms with van der Waals surface area (Å²) >= 11 is 0. The van der Waals surface area contributed by atoms with Gasteiger partial charge in [-0.1, -0.05) is 36.4 Å². The van der Waals surface area contributed by atoms with Crippen LogP contribution < -0.4 is 0 Å². The van der Waals surface area contributed by atoms with Crippen LogP contribution >= 0.6 is 12.4 Å². The summed E-state index contributed by atoms with van der Waals surface area (Å²) < 4.78 is 0. The SMILES string of the molecule is Cl.OCC1=CCN(Cc2ccccc2)C=C1. The van der Waals surface area contributed by atoms with Gasteiger partial charge >= 0.3 is 0 Å². The summed E-state index contributed by atoms with van der Waals surface area (Å²) in [5, 5.41) is 8.93. The summed E-state index contributed by atoms with van der Waals surface area (Å²) in [6.45, 7) is 1.93. The number of aliphatic hydroxyl groups excluding tert-OH is 1. The Morgan fingerprint density at radius 2 is 1.94 bits per heavy atom. The molecule has 0 atom stereocenters. The van der Waals surface area contributed by atoms with Crippen LogP contribution in [0, 0.1) is 0 Å². The highest BCUT2D eigenvalue weighted by atomic mass is 35.5. The van der Waals surface area contributed by atoms with Gasteiger partial charge in [0.1, 0.15) is 0 Å². The molecule has 0 saturated carbocycles. The van der Waals surface area contributed by atoms with Crippen molar-refractivity contribution in [3.8, 4) is 0 Å². The fourth-order valence-electron chi connectivity index (χ4n) is 1.62. The predicted octanol–water partition coefficient (Wildman–Crippen LogP) is 2.36. The molecule has 2 nitrogen and oxygen atoms in total. The van der Waals surface area contributed by atoms with E-state index in [2.05, 4.69) is 35.2 Å². The van der Waals surface area contributed by atoms with Crippen molar-refractivity contribution >= 4 is 12.4 Å². The van der Waals surface area contributed by atoms with Crippen LogP contribution in [-0.2, 0) is 6.54 Å². The third-order valence-corrected chi connectivity index (χ3v) is 2.50. The lowest BCUT2D eigenvalue weighted by Crippen LogP contribution is -2.19. The quantitative estimate of drug-likeness (QED) is 0.873. The number of hydrogen-bond donors (Lipinski definition) is 1. The maximum Gasteiger partial charge on any atom is 0.0679 e. The van der Waals surface area contributed by atoms with E-state index >= 15 is 0 Å². The van der Waals surface area contributed by atoms with Crippen LogP contribution in [0.1, 0.15) is 5.56 Å². The van der Waals surface area contributed by atoms with Crippen molar-refractivity contribution in [2.45, 2.75) is 6.54 Å². The minimum absolute atomic E-state index is 0. The zero-order valence-electron chi connectivity index (χ0n) is 9.04. The van der Waals surface area contributed by atoms with Crippen LogP contribution in [0.5, 0.6) is 0 Å². The first-order chi connectivity index (χ1) is 7.38. The molecule has 1 aliphatic rings. The number of aliphatic hydroxyl groups is 1. The highest BCUT2D eigenvalue weighted by molar-refractivity contribution is 5.85. The van der Waals surface area contributed by atoms with Crippen molar-refractivity contribution in [1.29, 1.82) is 0 Å². The van der Waals surface area contributed by atoms with E-state index in [-0.39, 0.29) is 19.0 Å². The number of hydrogen-bond acceptors (Lipinski definition) is 2. The third-order valence-electron chi connectivity index (χ3n) is 2.50. The fraction of sp³-hybridized carbons (Fsp3) is 0.231. The monoisotopic (exact) mass is 237 g/mol. The maximum absolute atomic E-state index is 8.93. The summed E-state index contributed by atoms with van der Waals surface area (Å²) in [5.41, 5.74) is 2.31. The van der Waals surface area contributed by atoms with Crippen LogP contribution in [0.3, 0.4) is 0 Å². The Labute approximate surface area is 102 Å². The molecule has 0 saturated heterocycles. The van der Waals surface area contributed by atoms with Gasteiger partial charge in [0.05, 0.1) is 6.61 Å². The summed E-state index contributed by atoms with van der Waals surface area (Å²) in [7, 11) is 0. The first-order valence-electron chi connectivity index (χ1n) is 5.14. The highest BCUT2D eigenvalue weighted by Gasteiger charge is 2.04. The molecule has 0 fully saturated rings. The van der Waals surface area contributed by atoms with Gasteiger partial charge in [-0.2, -0.15) is 0 Å². The molecule has 0 unspecified atom stereocenters. The first-order valence-corrected chi connectivity index (χ1v) is 5.14. The van der Waals surface area contributed by atoms with Crippen LogP contribution in [0.4, 0.5) is 0 Å². The fourth-order valence-corrected chi connectivity index (χ4v) is 1.62. The molecule has 1 heterocycles. The molecule has 0 aliphatic carbocycles. The first kappa shape index (κ1) is 12.8. The lowest BCUT2D eigenvalue weighted by Gasteiger charge is -2.22. The summed E-state index contributed by atoms with van der Waals surface area (Å²) in [5.74, 6) is 0. The molecule has 2 rings (SSSR count). The lowest BCUT2D eigenvalue weighted by atomic mass is 10.1. The van der Waals surface area contributed by atoms with Crippen molar-refractivity contribution < 1.29 is 5.11 Å². The van der Waals surface area contributed by atoms with Crippen molar-refractivity contribution in [1.82, 2.24) is 4.90 Å². The molecule has 3 heteroatoms. The van der Waals surface area contributed by atoms with Gasteiger partial charge in [0.15, 0.2) is 0 Å². The number of halogens is 1. The van der Waals surface area contributed by atoms with Gasteiger partial charge in [-0.05, 0) is 17.2 Å². The summed E-state index contributed by atoms with van der Waals surface area (Å²) in [6, 6.07) is 10.4. The molecule has 0 bridgehead atoms. The third kappa shape index (κ3) is 3.40. The Bertz CT molecular complexity index is 373. The Morgan fingerprint density at radius 3 is 2.50 bits per heavy atom. The van der Waals surface area contributed by atoms with Crippen molar-refractivity contribution in [3.05, 3.63) is 59.8 Å². The number of rotatable bonds is 3. The van der Waals surface area contributed by atoms with E-state index in [1.807, 2.05) is 18.3 Å². The van der Waals surface area contributed by atoms with Crippen molar-refractivity contribution in [2.75, 3.05) is 13.2 Å². The van der Waals surface area contributed by atoms with Crippen molar-refractivity contribution in [3.63, 3.8) is 0 Å². The molecular formula is C13H16ClNO. The molecule has 0 amide bonds. The number of benzene rings is 1. The Hall–Kier alpha value is -1.25. The van der Waals surface area contributed by atoms with E-state index in [1.165, 1.54) is 5.56 Å². The molecule has 1 aromatic carbocycles. The van der Waals surface area contributed by atoms with E-state index in [4.69, 9.17) is 5.11 Å². The largest absolute Gasteiger partial charge is 0.392 e. The molecule has 86 valence electrons. The Kier molecular flexibility index (Phi) is 5.09. The lowest BCUT2D eigenvalue weighted by molar-refractivity contribution is 0.329. The average Bonchev–Trinajstić information content (AvgIpc) is 2.31. The highest BCUT2D eigenvalue weighted by Crippen LogP contribution is 2.10. The van der Waals surface area contributed by atoms with Gasteiger partial charge < -0.3 is 10.0 Å². The van der Waals surface area contributed by atoms with Gasteiger partial charge in [0.2, 0.25) is 0 Å². The van der Waals surface area contributed by atoms with Crippen LogP contribution in [-0.4, -0.2) is 23.2 Å². The van der Waals surface area contributed by atoms with Crippen LogP contribution in [0.15, 0.2) is 54.3 Å². The predicted molar refractivity (Wildman–Crippen MR) is 68.4 cm³/mol. The van der Waals surface area contributed by atoms with E-state index in [0.717, 1.165) is 18.7 Å². The molecular weight excluding hydrogens is 222 g/mol. The molecule has 0 spiro atoms. The van der Waals surface area contributed by atoms with Gasteiger partial charge in [0, 0.05) is 19.3 Å². The maximum atomic E-state index is 8.93. The zero-order valence-corrected chi connectivity index (χ0v) is 9.86. The smallest absolute Gasteiger partial charge is 0.0679 e. The number of nitrogens with zero attached hydrogens (tertiary/aromatic N) is 1. The molecule has 1 N–H and O–H groups in total. The van der Waals surface area contributed by atoms with Gasteiger partial charge in [-0.15, -0.1) is 12.4 Å². The normalized spacial score (nSPS) is 14.3. The van der Waals surface area contributed by atoms with Crippen molar-refractivity contribution in [2.24, 2.45) is 0 Å². The molecule has 0 radical (unpaired) electrons. The van der Waals surface area contributed by atoms with Crippen LogP contribution in [0.2, 0.25) is 0 Å². The summed E-state index contributed by atoms with van der Waals surface area (Å²) in [6.07, 6.45) is 6.06. The second-order valence-corrected chi connectivity index (χ2v) is 3.67. The van der Waals surface area contributed by atoms with E-state index in [9.17, 15) is 0 Å². The Morgan fingerprint density at radius 1 is 1.19 bits per heavy atom. The minimum Gasteiger partial charge on any atom is -0.392 e. The average molecular weight is 238 g/mol. The minimum atomic E-state index is 0. The second kappa shape index (κ2) is 6.36. The molecule has 1 aromatic rings. The van der Waals surface area contributed by atoms with Gasteiger partial charge in [0.25, 0.3) is 0 Å². The molecule has 0 aromatic heterocycles. The zero-order chi connectivity index (χ0) is 10.5. The molecule has 1 aliphatic heterocycles. The van der Waals surface area contributed by atoms with E-state index in [0.29, 0.717) is 0 Å².